The Hall–Kier alpha value is -2.62. The number of hydrogen-bond donors (Lipinski definition) is 1. The van der Waals surface area contributed by atoms with E-state index in [1.165, 1.54) is 17.5 Å². The van der Waals surface area contributed by atoms with Crippen LogP contribution in [0.2, 0.25) is 0 Å². The Morgan fingerprint density at radius 2 is 2.09 bits per heavy atom. The first-order valence-corrected chi connectivity index (χ1v) is 7.97. The normalized spacial score (nSPS) is 14.7. The number of aryl methyl sites for hydroxylation is 2. The second-order valence-electron chi connectivity index (χ2n) is 6.03. The van der Waals surface area contributed by atoms with Crippen LogP contribution in [0.1, 0.15) is 46.5 Å². The SMILES string of the molecule is CC(OC(=O)c1ccnc2[nH]ccc12)c1ccc2c(c1)CCC2. The van der Waals surface area contributed by atoms with Crippen LogP contribution in [0.4, 0.5) is 0 Å². The number of pyridine rings is 1. The van der Waals surface area contributed by atoms with Gasteiger partial charge in [0.15, 0.2) is 0 Å². The van der Waals surface area contributed by atoms with Crippen molar-refractivity contribution in [3.63, 3.8) is 0 Å². The Bertz CT molecular complexity index is 882. The molecular formula is C19H18N2O2. The van der Waals surface area contributed by atoms with Crippen LogP contribution in [-0.2, 0) is 17.6 Å². The summed E-state index contributed by atoms with van der Waals surface area (Å²) in [4.78, 5) is 19.7. The molecule has 0 bridgehead atoms. The number of H-pyrrole nitrogens is 1. The van der Waals surface area contributed by atoms with E-state index in [-0.39, 0.29) is 12.1 Å². The molecule has 1 aromatic carbocycles. The molecule has 1 unspecified atom stereocenters. The number of carbonyl (C=O) groups excluding carboxylic acids is 1. The topological polar surface area (TPSA) is 55.0 Å². The highest BCUT2D eigenvalue weighted by atomic mass is 16.5. The van der Waals surface area contributed by atoms with Gasteiger partial charge < -0.3 is 9.72 Å². The van der Waals surface area contributed by atoms with E-state index in [2.05, 4.69) is 28.2 Å². The summed E-state index contributed by atoms with van der Waals surface area (Å²) < 4.78 is 5.68. The van der Waals surface area contributed by atoms with Crippen molar-refractivity contribution < 1.29 is 9.53 Å². The van der Waals surface area contributed by atoms with Crippen molar-refractivity contribution >= 4 is 17.0 Å². The molecule has 0 fully saturated rings. The summed E-state index contributed by atoms with van der Waals surface area (Å²) >= 11 is 0. The maximum absolute atomic E-state index is 12.5. The lowest BCUT2D eigenvalue weighted by atomic mass is 10.0. The highest BCUT2D eigenvalue weighted by Gasteiger charge is 2.18. The van der Waals surface area contributed by atoms with E-state index in [1.807, 2.05) is 13.0 Å². The molecule has 23 heavy (non-hydrogen) atoms. The molecule has 0 spiro atoms. The Kier molecular flexibility index (Phi) is 3.37. The summed E-state index contributed by atoms with van der Waals surface area (Å²) in [7, 11) is 0. The minimum atomic E-state index is -0.315. The molecule has 0 saturated carbocycles. The van der Waals surface area contributed by atoms with Crippen LogP contribution in [0.15, 0.2) is 42.7 Å². The first kappa shape index (κ1) is 14.0. The standard InChI is InChI=1S/C19H18N2O2/c1-12(14-6-5-13-3-2-4-15(13)11-14)23-19(22)17-8-10-21-18-16(17)7-9-20-18/h5-12H,2-4H2,1H3,(H,20,21). The molecule has 4 heteroatoms. The average molecular weight is 306 g/mol. The molecule has 4 nitrogen and oxygen atoms in total. The molecular weight excluding hydrogens is 288 g/mol. The fourth-order valence-corrected chi connectivity index (χ4v) is 3.28. The molecule has 4 rings (SSSR count). The third-order valence-electron chi connectivity index (χ3n) is 4.56. The van der Waals surface area contributed by atoms with Crippen LogP contribution in [0, 0.1) is 0 Å². The van der Waals surface area contributed by atoms with Crippen LogP contribution in [-0.4, -0.2) is 15.9 Å². The second kappa shape index (κ2) is 5.54. The van der Waals surface area contributed by atoms with E-state index in [9.17, 15) is 4.79 Å². The zero-order valence-corrected chi connectivity index (χ0v) is 13.0. The number of rotatable bonds is 3. The van der Waals surface area contributed by atoms with Gasteiger partial charge in [-0.1, -0.05) is 18.2 Å². The van der Waals surface area contributed by atoms with Gasteiger partial charge in [-0.05, 0) is 55.0 Å². The van der Waals surface area contributed by atoms with Gasteiger partial charge in [-0.3, -0.25) is 0 Å². The van der Waals surface area contributed by atoms with Crippen molar-refractivity contribution in [2.75, 3.05) is 0 Å². The number of esters is 1. The summed E-state index contributed by atoms with van der Waals surface area (Å²) in [5, 5.41) is 0.790. The van der Waals surface area contributed by atoms with E-state index >= 15 is 0 Å². The van der Waals surface area contributed by atoms with E-state index < -0.39 is 0 Å². The van der Waals surface area contributed by atoms with E-state index in [1.54, 1.807) is 18.5 Å². The maximum atomic E-state index is 12.5. The lowest BCUT2D eigenvalue weighted by molar-refractivity contribution is 0.0340. The number of carbonyl (C=O) groups is 1. The zero-order chi connectivity index (χ0) is 15.8. The lowest BCUT2D eigenvalue weighted by Gasteiger charge is -2.15. The van der Waals surface area contributed by atoms with Gasteiger partial charge in [0.2, 0.25) is 0 Å². The molecule has 2 aromatic heterocycles. The summed E-state index contributed by atoms with van der Waals surface area (Å²) in [5.74, 6) is -0.315. The third kappa shape index (κ3) is 2.50. The minimum absolute atomic E-state index is 0.268. The van der Waals surface area contributed by atoms with Gasteiger partial charge in [-0.2, -0.15) is 0 Å². The van der Waals surface area contributed by atoms with Crippen LogP contribution < -0.4 is 0 Å². The number of nitrogens with zero attached hydrogens (tertiary/aromatic N) is 1. The smallest absolute Gasteiger partial charge is 0.339 e. The lowest BCUT2D eigenvalue weighted by Crippen LogP contribution is -2.10. The predicted octanol–water partition coefficient (Wildman–Crippen LogP) is 3.97. The minimum Gasteiger partial charge on any atom is -0.454 e. The first-order valence-electron chi connectivity index (χ1n) is 7.97. The summed E-state index contributed by atoms with van der Waals surface area (Å²) in [6.07, 6.45) is 6.63. The predicted molar refractivity (Wildman–Crippen MR) is 88.4 cm³/mol. The Labute approximate surface area is 134 Å². The molecule has 1 atom stereocenters. The van der Waals surface area contributed by atoms with Gasteiger partial charge in [0.25, 0.3) is 0 Å². The summed E-state index contributed by atoms with van der Waals surface area (Å²) in [5.41, 5.74) is 5.12. The van der Waals surface area contributed by atoms with Crippen molar-refractivity contribution in [2.24, 2.45) is 0 Å². The molecule has 0 saturated heterocycles. The number of hydrogen-bond acceptors (Lipinski definition) is 3. The molecule has 0 amide bonds. The highest BCUT2D eigenvalue weighted by Crippen LogP contribution is 2.27. The van der Waals surface area contributed by atoms with Crippen LogP contribution in [0.5, 0.6) is 0 Å². The molecule has 0 aliphatic heterocycles. The van der Waals surface area contributed by atoms with Gasteiger partial charge in [0.05, 0.1) is 5.56 Å². The maximum Gasteiger partial charge on any atom is 0.339 e. The van der Waals surface area contributed by atoms with Crippen molar-refractivity contribution in [2.45, 2.75) is 32.3 Å². The van der Waals surface area contributed by atoms with Gasteiger partial charge >= 0.3 is 5.97 Å². The molecule has 1 N–H and O–H groups in total. The molecule has 116 valence electrons. The van der Waals surface area contributed by atoms with Crippen LogP contribution in [0.25, 0.3) is 11.0 Å². The van der Waals surface area contributed by atoms with Crippen molar-refractivity contribution in [3.05, 3.63) is 65.0 Å². The first-order chi connectivity index (χ1) is 11.2. The summed E-state index contributed by atoms with van der Waals surface area (Å²) in [6, 6.07) is 9.96. The number of nitrogens with one attached hydrogen (secondary N) is 1. The average Bonchev–Trinajstić information content (AvgIpc) is 3.22. The zero-order valence-electron chi connectivity index (χ0n) is 13.0. The van der Waals surface area contributed by atoms with Gasteiger partial charge in [0.1, 0.15) is 11.8 Å². The molecule has 2 heterocycles. The van der Waals surface area contributed by atoms with E-state index in [0.717, 1.165) is 23.8 Å². The number of fused-ring (bicyclic) bond motifs is 2. The molecule has 1 aliphatic rings. The largest absolute Gasteiger partial charge is 0.454 e. The van der Waals surface area contributed by atoms with Gasteiger partial charge in [-0.25, -0.2) is 9.78 Å². The molecule has 1 aliphatic carbocycles. The number of benzene rings is 1. The van der Waals surface area contributed by atoms with Crippen LogP contribution in [0.3, 0.4) is 0 Å². The Morgan fingerprint density at radius 3 is 3.00 bits per heavy atom. The number of aromatic amines is 1. The second-order valence-corrected chi connectivity index (χ2v) is 6.03. The number of ether oxygens (including phenoxy) is 1. The van der Waals surface area contributed by atoms with Crippen molar-refractivity contribution in [1.29, 1.82) is 0 Å². The van der Waals surface area contributed by atoms with Gasteiger partial charge in [-0.15, -0.1) is 0 Å². The van der Waals surface area contributed by atoms with Crippen molar-refractivity contribution in [1.82, 2.24) is 9.97 Å². The fraction of sp³-hybridized carbons (Fsp3) is 0.263. The monoisotopic (exact) mass is 306 g/mol. The van der Waals surface area contributed by atoms with Crippen LogP contribution >= 0.6 is 0 Å². The summed E-state index contributed by atoms with van der Waals surface area (Å²) in [6.45, 7) is 1.92. The van der Waals surface area contributed by atoms with E-state index in [4.69, 9.17) is 4.74 Å². The van der Waals surface area contributed by atoms with Crippen molar-refractivity contribution in [3.8, 4) is 0 Å². The molecule has 0 radical (unpaired) electrons. The van der Waals surface area contributed by atoms with Gasteiger partial charge in [0, 0.05) is 17.8 Å². The highest BCUT2D eigenvalue weighted by molar-refractivity contribution is 6.02. The quantitative estimate of drug-likeness (QED) is 0.745. The molecule has 3 aromatic rings. The Balaban J connectivity index is 1.57. The number of aromatic nitrogens is 2. The fourth-order valence-electron chi connectivity index (χ4n) is 3.28. The Morgan fingerprint density at radius 1 is 1.22 bits per heavy atom. The third-order valence-corrected chi connectivity index (χ3v) is 4.56. The van der Waals surface area contributed by atoms with E-state index in [0.29, 0.717) is 11.2 Å².